The second kappa shape index (κ2) is 5.73. The molecule has 0 saturated carbocycles. The van der Waals surface area contributed by atoms with Crippen LogP contribution in [0.25, 0.3) is 4.13 Å². The SMILES string of the molecule is C=CCS(=O)(=O)N=S(=O)([N-]S(=O)(=O)C(F)(F)F)C(F)(F)F. The molecule has 126 valence electrons. The van der Waals surface area contributed by atoms with Crippen LogP contribution in [-0.2, 0) is 30.0 Å². The van der Waals surface area contributed by atoms with E-state index in [0.717, 1.165) is 4.13 Å². The molecule has 0 aromatic heterocycles. The zero-order valence-corrected chi connectivity index (χ0v) is 11.9. The van der Waals surface area contributed by atoms with Gasteiger partial charge in [-0.05, 0) is 0 Å². The van der Waals surface area contributed by atoms with Crippen molar-refractivity contribution in [1.29, 1.82) is 0 Å². The monoisotopic (exact) mass is 383 g/mol. The van der Waals surface area contributed by atoms with Gasteiger partial charge < -0.3 is 4.13 Å². The molecule has 1 unspecified atom stereocenters. The molecular formula is C5H5F6N2O5S3-. The second-order valence-corrected chi connectivity index (χ2v) is 8.61. The predicted molar refractivity (Wildman–Crippen MR) is 58.9 cm³/mol. The van der Waals surface area contributed by atoms with E-state index in [0.29, 0.717) is 6.08 Å². The summed E-state index contributed by atoms with van der Waals surface area (Å²) in [5.41, 5.74) is -12.6. The molecule has 0 spiro atoms. The van der Waals surface area contributed by atoms with Crippen LogP contribution in [-0.4, -0.2) is 37.8 Å². The summed E-state index contributed by atoms with van der Waals surface area (Å²) in [4.78, 5) is 0. The van der Waals surface area contributed by atoms with Gasteiger partial charge in [0.2, 0.25) is 0 Å². The van der Waals surface area contributed by atoms with Gasteiger partial charge in [-0.15, -0.1) is 10.3 Å². The Bertz CT molecular complexity index is 724. The maximum atomic E-state index is 12.4. The number of hydrogen-bond donors (Lipinski definition) is 0. The maximum absolute atomic E-state index is 12.4. The molecule has 0 aromatic carbocycles. The fraction of sp³-hybridized carbons (Fsp3) is 0.600. The number of halogens is 6. The predicted octanol–water partition coefficient (Wildman–Crippen LogP) is 1.63. The summed E-state index contributed by atoms with van der Waals surface area (Å²) in [6.07, 6.45) is 0.493. The van der Waals surface area contributed by atoms with E-state index in [2.05, 4.69) is 6.58 Å². The lowest BCUT2D eigenvalue weighted by atomic mass is 10.8. The van der Waals surface area contributed by atoms with Gasteiger partial charge in [0, 0.05) is 0 Å². The van der Waals surface area contributed by atoms with E-state index < -0.39 is 46.7 Å². The lowest BCUT2D eigenvalue weighted by molar-refractivity contribution is -0.0432. The standard InChI is InChI=1S/C5H5F6N2O5S3/c1-2-3-19(14,15)12-20(16,4(6,7)8)13-21(17,18)5(9,10)11/h2H,1,3H2/q-1. The van der Waals surface area contributed by atoms with Gasteiger partial charge in [-0.25, -0.2) is 16.8 Å². The van der Waals surface area contributed by atoms with Crippen molar-refractivity contribution >= 4 is 30.0 Å². The molecule has 0 rings (SSSR count). The van der Waals surface area contributed by atoms with Crippen molar-refractivity contribution in [3.63, 3.8) is 0 Å². The van der Waals surface area contributed by atoms with E-state index in [4.69, 9.17) is 0 Å². The van der Waals surface area contributed by atoms with E-state index in [1.165, 1.54) is 0 Å². The summed E-state index contributed by atoms with van der Waals surface area (Å²) < 4.78 is 130. The van der Waals surface area contributed by atoms with Gasteiger partial charge in [-0.3, -0.25) is 4.21 Å². The minimum absolute atomic E-state index is 0.493. The minimum Gasteiger partial charge on any atom is -0.438 e. The molecule has 0 N–H and O–H groups in total. The van der Waals surface area contributed by atoms with Crippen LogP contribution in [0.15, 0.2) is 16.4 Å². The molecule has 0 fully saturated rings. The van der Waals surface area contributed by atoms with E-state index in [-0.39, 0.29) is 0 Å². The minimum atomic E-state index is -6.88. The van der Waals surface area contributed by atoms with Crippen LogP contribution in [0.4, 0.5) is 26.3 Å². The highest BCUT2D eigenvalue weighted by Gasteiger charge is 2.46. The Labute approximate surface area is 115 Å². The highest BCUT2D eigenvalue weighted by Crippen LogP contribution is 2.38. The van der Waals surface area contributed by atoms with E-state index in [1.807, 2.05) is 0 Å². The number of nitrogens with zero attached hydrogens (tertiary/aromatic N) is 2. The molecule has 0 aliphatic carbocycles. The number of rotatable bonds is 5. The summed E-state index contributed by atoms with van der Waals surface area (Å²) in [5.74, 6) is -1.32. The first-order chi connectivity index (χ1) is 8.97. The third-order valence-corrected chi connectivity index (χ3v) is 6.49. The molecule has 0 radical (unpaired) electrons. The molecule has 1 atom stereocenters. The van der Waals surface area contributed by atoms with Crippen LogP contribution >= 0.6 is 0 Å². The van der Waals surface area contributed by atoms with Crippen molar-refractivity contribution in [2.75, 3.05) is 5.75 Å². The van der Waals surface area contributed by atoms with E-state index >= 15 is 0 Å². The summed E-state index contributed by atoms with van der Waals surface area (Å²) >= 11 is 0. The molecule has 0 aromatic rings. The van der Waals surface area contributed by atoms with Gasteiger partial charge in [0.1, 0.15) is 0 Å². The zero-order valence-electron chi connectivity index (χ0n) is 9.42. The Morgan fingerprint density at radius 2 is 1.38 bits per heavy atom. The quantitative estimate of drug-likeness (QED) is 0.529. The maximum Gasteiger partial charge on any atom is 0.480 e. The Hall–Kier alpha value is -0.870. The second-order valence-electron chi connectivity index (χ2n) is 3.05. The summed E-state index contributed by atoms with van der Waals surface area (Å²) in [6.45, 7) is 2.81. The normalized spacial score (nSPS) is 17.0. The van der Waals surface area contributed by atoms with Gasteiger partial charge in [-0.1, -0.05) is 6.08 Å². The molecule has 7 nitrogen and oxygen atoms in total. The average molecular weight is 383 g/mol. The lowest BCUT2D eigenvalue weighted by Crippen LogP contribution is -2.30. The van der Waals surface area contributed by atoms with Gasteiger partial charge in [0.05, 0.1) is 15.7 Å². The Morgan fingerprint density at radius 3 is 1.67 bits per heavy atom. The van der Waals surface area contributed by atoms with E-state index in [1.54, 1.807) is 3.77 Å². The highest BCUT2D eigenvalue weighted by molar-refractivity contribution is 8.16. The van der Waals surface area contributed by atoms with Gasteiger partial charge >= 0.3 is 11.0 Å². The van der Waals surface area contributed by atoms with Crippen molar-refractivity contribution in [3.8, 4) is 0 Å². The first-order valence-corrected chi connectivity index (χ1v) is 8.73. The van der Waals surface area contributed by atoms with E-state index in [9.17, 15) is 47.4 Å². The van der Waals surface area contributed by atoms with Gasteiger partial charge in [-0.2, -0.15) is 26.3 Å². The van der Waals surface area contributed by atoms with Crippen LogP contribution in [0.3, 0.4) is 0 Å². The molecule has 21 heavy (non-hydrogen) atoms. The lowest BCUT2D eigenvalue weighted by Gasteiger charge is -2.27. The van der Waals surface area contributed by atoms with Crippen LogP contribution in [0.2, 0.25) is 0 Å². The summed E-state index contributed by atoms with van der Waals surface area (Å²) in [7, 11) is -18.7. The van der Waals surface area contributed by atoms with Crippen molar-refractivity contribution in [3.05, 3.63) is 16.8 Å². The highest BCUT2D eigenvalue weighted by atomic mass is 32.3. The van der Waals surface area contributed by atoms with Gasteiger partial charge in [0.25, 0.3) is 10.0 Å². The van der Waals surface area contributed by atoms with Crippen molar-refractivity contribution < 1.29 is 47.4 Å². The number of alkyl halides is 6. The fourth-order valence-electron chi connectivity index (χ4n) is 0.607. The molecule has 0 bridgehead atoms. The average Bonchev–Trinajstić information content (AvgIpc) is 2.10. The summed E-state index contributed by atoms with van der Waals surface area (Å²) in [6, 6.07) is 0. The Kier molecular flexibility index (Phi) is 5.49. The van der Waals surface area contributed by atoms with Crippen molar-refractivity contribution in [1.82, 2.24) is 0 Å². The molecule has 0 saturated heterocycles. The first kappa shape index (κ1) is 20.1. The Morgan fingerprint density at radius 1 is 0.952 bits per heavy atom. The third kappa shape index (κ3) is 5.11. The van der Waals surface area contributed by atoms with Crippen LogP contribution < -0.4 is 0 Å². The van der Waals surface area contributed by atoms with Crippen molar-refractivity contribution in [2.45, 2.75) is 11.0 Å². The molecule has 0 aliphatic heterocycles. The molecule has 0 amide bonds. The molecular weight excluding hydrogens is 378 g/mol. The smallest absolute Gasteiger partial charge is 0.438 e. The van der Waals surface area contributed by atoms with Crippen LogP contribution in [0, 0.1) is 0 Å². The third-order valence-electron chi connectivity index (χ3n) is 1.34. The van der Waals surface area contributed by atoms with Crippen LogP contribution in [0.5, 0.6) is 0 Å². The molecule has 0 heterocycles. The number of hydrogen-bond acceptors (Lipinski definition) is 5. The fourth-order valence-corrected chi connectivity index (χ4v) is 4.81. The van der Waals surface area contributed by atoms with Crippen LogP contribution in [0.1, 0.15) is 0 Å². The van der Waals surface area contributed by atoms with Gasteiger partial charge in [0.15, 0.2) is 10.0 Å². The molecule has 0 aliphatic rings. The summed E-state index contributed by atoms with van der Waals surface area (Å²) in [5, 5.41) is 0. The molecule has 16 heteroatoms. The Balaban J connectivity index is 6.28. The first-order valence-electron chi connectivity index (χ1n) is 4.21. The number of sulfonamides is 2. The largest absolute Gasteiger partial charge is 0.480 e. The zero-order chi connectivity index (χ0) is 17.3. The van der Waals surface area contributed by atoms with Crippen molar-refractivity contribution in [2.24, 2.45) is 3.77 Å². The topological polar surface area (TPSA) is 112 Å².